The summed E-state index contributed by atoms with van der Waals surface area (Å²) in [4.78, 5) is 0. The molecule has 68 valence electrons. The smallest absolute Gasteiger partial charge is 0.369 e. The molecule has 0 radical (unpaired) electrons. The lowest BCUT2D eigenvalue weighted by molar-refractivity contribution is -0.231. The maximum atomic E-state index is 12.0. The van der Waals surface area contributed by atoms with Crippen LogP contribution in [0.3, 0.4) is 0 Å². The van der Waals surface area contributed by atoms with E-state index in [1.54, 1.807) is 6.92 Å². The van der Waals surface area contributed by atoms with Crippen molar-refractivity contribution in [3.05, 3.63) is 0 Å². The average molecular weight is 170 g/mol. The predicted molar refractivity (Wildman–Crippen MR) is 36.3 cm³/mol. The summed E-state index contributed by atoms with van der Waals surface area (Å²) in [6.07, 6.45) is -5.85. The molecular formula is C7H13F3O. The number of ether oxygens (including phenoxy) is 1. The van der Waals surface area contributed by atoms with Crippen LogP contribution in [0, 0.1) is 5.92 Å². The zero-order chi connectivity index (χ0) is 9.07. The average Bonchev–Trinajstić information content (AvgIpc) is 1.79. The molecule has 0 aliphatic heterocycles. The molecule has 1 unspecified atom stereocenters. The summed E-state index contributed by atoms with van der Waals surface area (Å²) in [5.74, 6) is -0.519. The number of hydrogen-bond acceptors (Lipinski definition) is 1. The summed E-state index contributed by atoms with van der Waals surface area (Å²) in [6, 6.07) is 0. The summed E-state index contributed by atoms with van der Waals surface area (Å²) in [6.45, 7) is 4.64. The normalized spacial score (nSPS) is 15.5. The summed E-state index contributed by atoms with van der Waals surface area (Å²) in [5, 5.41) is 0. The Kier molecular flexibility index (Phi) is 3.86. The Morgan fingerprint density at radius 1 is 1.27 bits per heavy atom. The van der Waals surface area contributed by atoms with Gasteiger partial charge >= 0.3 is 6.18 Å². The fourth-order valence-corrected chi connectivity index (χ4v) is 0.844. The van der Waals surface area contributed by atoms with Gasteiger partial charge in [0.15, 0.2) is 6.10 Å². The fourth-order valence-electron chi connectivity index (χ4n) is 0.844. The molecule has 0 amide bonds. The minimum atomic E-state index is -4.23. The van der Waals surface area contributed by atoms with Gasteiger partial charge in [-0.05, 0) is 12.8 Å². The summed E-state index contributed by atoms with van der Waals surface area (Å²) >= 11 is 0. The van der Waals surface area contributed by atoms with Crippen molar-refractivity contribution in [2.75, 3.05) is 6.61 Å². The maximum absolute atomic E-state index is 12.0. The molecule has 0 aromatic rings. The molecule has 0 rings (SSSR count). The standard InChI is InChI=1S/C7H13F3O/c1-4-11-6(5(2)3)7(8,9)10/h5-6H,4H2,1-3H3. The van der Waals surface area contributed by atoms with Crippen molar-refractivity contribution < 1.29 is 17.9 Å². The van der Waals surface area contributed by atoms with E-state index in [0.29, 0.717) is 0 Å². The number of rotatable bonds is 3. The van der Waals surface area contributed by atoms with Crippen molar-refractivity contribution in [1.29, 1.82) is 0 Å². The highest BCUT2D eigenvalue weighted by atomic mass is 19.4. The van der Waals surface area contributed by atoms with Crippen LogP contribution in [0.1, 0.15) is 20.8 Å². The van der Waals surface area contributed by atoms with Crippen LogP contribution in [-0.4, -0.2) is 18.9 Å². The van der Waals surface area contributed by atoms with E-state index < -0.39 is 18.2 Å². The van der Waals surface area contributed by atoms with Gasteiger partial charge in [0.1, 0.15) is 0 Å². The van der Waals surface area contributed by atoms with Gasteiger partial charge in [0, 0.05) is 6.61 Å². The van der Waals surface area contributed by atoms with Crippen LogP contribution >= 0.6 is 0 Å². The maximum Gasteiger partial charge on any atom is 0.414 e. The van der Waals surface area contributed by atoms with Gasteiger partial charge in [0.2, 0.25) is 0 Å². The van der Waals surface area contributed by atoms with Crippen LogP contribution in [-0.2, 0) is 4.74 Å². The molecule has 0 saturated carbocycles. The third kappa shape index (κ3) is 3.60. The van der Waals surface area contributed by atoms with E-state index in [1.165, 1.54) is 13.8 Å². The lowest BCUT2D eigenvalue weighted by Crippen LogP contribution is -2.36. The van der Waals surface area contributed by atoms with Crippen LogP contribution in [0.25, 0.3) is 0 Å². The van der Waals surface area contributed by atoms with Crippen LogP contribution in [0.2, 0.25) is 0 Å². The van der Waals surface area contributed by atoms with Gasteiger partial charge in [-0.2, -0.15) is 13.2 Å². The molecule has 0 bridgehead atoms. The third-order valence-corrected chi connectivity index (χ3v) is 1.27. The minimum absolute atomic E-state index is 0.0996. The van der Waals surface area contributed by atoms with Gasteiger partial charge in [-0.15, -0.1) is 0 Å². The van der Waals surface area contributed by atoms with E-state index >= 15 is 0 Å². The molecule has 0 aromatic carbocycles. The molecule has 4 heteroatoms. The number of halogens is 3. The lowest BCUT2D eigenvalue weighted by Gasteiger charge is -2.23. The van der Waals surface area contributed by atoms with Gasteiger partial charge in [-0.3, -0.25) is 0 Å². The Morgan fingerprint density at radius 2 is 1.73 bits per heavy atom. The van der Waals surface area contributed by atoms with Crippen LogP contribution < -0.4 is 0 Å². The van der Waals surface area contributed by atoms with Crippen molar-refractivity contribution in [2.24, 2.45) is 5.92 Å². The quantitative estimate of drug-likeness (QED) is 0.632. The molecule has 0 spiro atoms. The predicted octanol–water partition coefficient (Wildman–Crippen LogP) is 2.61. The van der Waals surface area contributed by atoms with Crippen molar-refractivity contribution in [3.8, 4) is 0 Å². The Labute approximate surface area is 64.5 Å². The molecule has 1 atom stereocenters. The second kappa shape index (κ2) is 3.95. The third-order valence-electron chi connectivity index (χ3n) is 1.27. The van der Waals surface area contributed by atoms with E-state index in [-0.39, 0.29) is 6.61 Å². The first-order chi connectivity index (χ1) is 4.89. The van der Waals surface area contributed by atoms with Crippen molar-refractivity contribution in [2.45, 2.75) is 33.1 Å². The minimum Gasteiger partial charge on any atom is -0.369 e. The molecule has 0 aliphatic carbocycles. The Bertz CT molecular complexity index is 109. The van der Waals surface area contributed by atoms with Gasteiger partial charge in [-0.1, -0.05) is 13.8 Å². The SMILES string of the molecule is CCOC(C(C)C)C(F)(F)F. The summed E-state index contributed by atoms with van der Waals surface area (Å²) in [7, 11) is 0. The molecule has 0 aromatic heterocycles. The summed E-state index contributed by atoms with van der Waals surface area (Å²) < 4.78 is 40.6. The van der Waals surface area contributed by atoms with E-state index in [0.717, 1.165) is 0 Å². The monoisotopic (exact) mass is 170 g/mol. The topological polar surface area (TPSA) is 9.23 Å². The zero-order valence-corrected chi connectivity index (χ0v) is 6.90. The molecule has 0 fully saturated rings. The summed E-state index contributed by atoms with van der Waals surface area (Å²) in [5.41, 5.74) is 0. The highest BCUT2D eigenvalue weighted by Gasteiger charge is 2.42. The van der Waals surface area contributed by atoms with E-state index in [9.17, 15) is 13.2 Å². The lowest BCUT2D eigenvalue weighted by atomic mass is 10.1. The molecule has 11 heavy (non-hydrogen) atoms. The molecule has 0 saturated heterocycles. The zero-order valence-electron chi connectivity index (χ0n) is 6.90. The van der Waals surface area contributed by atoms with Crippen molar-refractivity contribution in [3.63, 3.8) is 0 Å². The molecular weight excluding hydrogens is 157 g/mol. The Morgan fingerprint density at radius 3 is 1.82 bits per heavy atom. The molecule has 0 N–H and O–H groups in total. The van der Waals surface area contributed by atoms with Crippen LogP contribution in [0.15, 0.2) is 0 Å². The first kappa shape index (κ1) is 10.8. The van der Waals surface area contributed by atoms with Gasteiger partial charge in [-0.25, -0.2) is 0 Å². The van der Waals surface area contributed by atoms with Crippen LogP contribution in [0.4, 0.5) is 13.2 Å². The Hall–Kier alpha value is -0.250. The Balaban J connectivity index is 4.10. The highest BCUT2D eigenvalue weighted by Crippen LogP contribution is 2.27. The fraction of sp³-hybridized carbons (Fsp3) is 1.00. The first-order valence-electron chi connectivity index (χ1n) is 3.58. The van der Waals surface area contributed by atoms with E-state index in [1.807, 2.05) is 0 Å². The second-order valence-electron chi connectivity index (χ2n) is 2.66. The van der Waals surface area contributed by atoms with E-state index in [4.69, 9.17) is 0 Å². The number of alkyl halides is 3. The van der Waals surface area contributed by atoms with Crippen molar-refractivity contribution in [1.82, 2.24) is 0 Å². The van der Waals surface area contributed by atoms with Gasteiger partial charge in [0.25, 0.3) is 0 Å². The van der Waals surface area contributed by atoms with Crippen LogP contribution in [0.5, 0.6) is 0 Å². The largest absolute Gasteiger partial charge is 0.414 e. The van der Waals surface area contributed by atoms with Gasteiger partial charge in [0.05, 0.1) is 0 Å². The second-order valence-corrected chi connectivity index (χ2v) is 2.66. The van der Waals surface area contributed by atoms with Gasteiger partial charge < -0.3 is 4.74 Å². The highest BCUT2D eigenvalue weighted by molar-refractivity contribution is 4.70. The first-order valence-corrected chi connectivity index (χ1v) is 3.58. The number of hydrogen-bond donors (Lipinski definition) is 0. The molecule has 1 nitrogen and oxygen atoms in total. The van der Waals surface area contributed by atoms with Crippen molar-refractivity contribution >= 4 is 0 Å². The molecule has 0 heterocycles. The van der Waals surface area contributed by atoms with E-state index in [2.05, 4.69) is 4.74 Å². The molecule has 0 aliphatic rings.